The number of halogens is 1. The van der Waals surface area contributed by atoms with Gasteiger partial charge in [-0.3, -0.25) is 0 Å². The average molecular weight is 283 g/mol. The molecule has 0 heterocycles. The summed E-state index contributed by atoms with van der Waals surface area (Å²) in [6.45, 7) is 1.81. The molecule has 0 aromatic heterocycles. The molecule has 0 saturated heterocycles. The lowest BCUT2D eigenvalue weighted by Crippen LogP contribution is -2.27. The highest BCUT2D eigenvalue weighted by Crippen LogP contribution is 2.29. The second-order valence-electron chi connectivity index (χ2n) is 5.05. The van der Waals surface area contributed by atoms with Crippen molar-refractivity contribution in [2.45, 2.75) is 38.0 Å². The van der Waals surface area contributed by atoms with Crippen molar-refractivity contribution in [3.63, 3.8) is 0 Å². The number of ether oxygens (including phenoxy) is 2. The Kier molecular flexibility index (Phi) is 5.76. The van der Waals surface area contributed by atoms with E-state index in [1.165, 1.54) is 6.07 Å². The molecule has 0 bridgehead atoms. The van der Waals surface area contributed by atoms with E-state index in [2.05, 4.69) is 5.32 Å². The molecule has 1 aromatic rings. The molecular weight excluding hydrogens is 261 g/mol. The van der Waals surface area contributed by atoms with Crippen molar-refractivity contribution in [1.29, 1.82) is 0 Å². The normalized spacial score (nSPS) is 22.1. The first kappa shape index (κ1) is 15.2. The molecule has 0 aliphatic heterocycles. The molecule has 1 aliphatic rings. The van der Waals surface area contributed by atoms with E-state index in [0.29, 0.717) is 19.7 Å². The molecule has 0 spiro atoms. The number of aliphatic hydroxyl groups excluding tert-OH is 1. The maximum absolute atomic E-state index is 13.9. The Labute approximate surface area is 118 Å². The Balaban J connectivity index is 2.02. The van der Waals surface area contributed by atoms with E-state index in [-0.39, 0.29) is 17.7 Å². The topological polar surface area (TPSA) is 50.7 Å². The van der Waals surface area contributed by atoms with Crippen LogP contribution >= 0.6 is 0 Å². The third-order valence-corrected chi connectivity index (χ3v) is 3.53. The molecule has 1 aromatic carbocycles. The van der Waals surface area contributed by atoms with Crippen LogP contribution in [0, 0.1) is 5.82 Å². The number of para-hydroxylation sites is 1. The van der Waals surface area contributed by atoms with Crippen LogP contribution in [-0.4, -0.2) is 37.6 Å². The van der Waals surface area contributed by atoms with Gasteiger partial charge >= 0.3 is 0 Å². The van der Waals surface area contributed by atoms with Crippen molar-refractivity contribution in [2.75, 3.05) is 20.3 Å². The van der Waals surface area contributed by atoms with Gasteiger partial charge in [0.05, 0.1) is 12.7 Å². The van der Waals surface area contributed by atoms with E-state index >= 15 is 0 Å². The number of nitrogens with one attached hydrogen (secondary N) is 1. The number of aliphatic hydroxyl groups is 1. The SMILES string of the molecule is COCCNCc1cccc(F)c1OC1CCCC1O. The third-order valence-electron chi connectivity index (χ3n) is 3.53. The first-order valence-electron chi connectivity index (χ1n) is 7.04. The maximum Gasteiger partial charge on any atom is 0.165 e. The van der Waals surface area contributed by atoms with Crippen molar-refractivity contribution in [2.24, 2.45) is 0 Å². The van der Waals surface area contributed by atoms with Crippen LogP contribution in [0.2, 0.25) is 0 Å². The summed E-state index contributed by atoms with van der Waals surface area (Å²) in [6.07, 6.45) is 1.61. The minimum absolute atomic E-state index is 0.253. The van der Waals surface area contributed by atoms with Crippen LogP contribution in [0.25, 0.3) is 0 Å². The van der Waals surface area contributed by atoms with E-state index in [4.69, 9.17) is 9.47 Å². The van der Waals surface area contributed by atoms with Gasteiger partial charge in [0.25, 0.3) is 0 Å². The van der Waals surface area contributed by atoms with Gasteiger partial charge < -0.3 is 19.9 Å². The van der Waals surface area contributed by atoms with Crippen LogP contribution in [0.3, 0.4) is 0 Å². The Morgan fingerprint density at radius 3 is 2.95 bits per heavy atom. The van der Waals surface area contributed by atoms with Crippen LogP contribution in [0.4, 0.5) is 4.39 Å². The number of methoxy groups -OCH3 is 1. The number of hydrogen-bond acceptors (Lipinski definition) is 4. The second kappa shape index (κ2) is 7.57. The largest absolute Gasteiger partial charge is 0.484 e. The summed E-state index contributed by atoms with van der Waals surface area (Å²) in [4.78, 5) is 0. The molecule has 0 radical (unpaired) electrons. The first-order valence-corrected chi connectivity index (χ1v) is 7.04. The summed E-state index contributed by atoms with van der Waals surface area (Å²) in [6, 6.07) is 4.88. The van der Waals surface area contributed by atoms with Crippen LogP contribution in [0.15, 0.2) is 18.2 Å². The van der Waals surface area contributed by atoms with Crippen LogP contribution in [0.5, 0.6) is 5.75 Å². The third kappa shape index (κ3) is 3.91. The van der Waals surface area contributed by atoms with Gasteiger partial charge in [0.15, 0.2) is 11.6 Å². The smallest absolute Gasteiger partial charge is 0.165 e. The zero-order chi connectivity index (χ0) is 14.4. The molecule has 2 rings (SSSR count). The number of benzene rings is 1. The Hall–Kier alpha value is -1.17. The molecule has 2 unspecified atom stereocenters. The van der Waals surface area contributed by atoms with E-state index in [1.54, 1.807) is 13.2 Å². The lowest BCUT2D eigenvalue weighted by molar-refractivity contribution is 0.0571. The molecule has 1 aliphatic carbocycles. The summed E-state index contributed by atoms with van der Waals surface area (Å²) in [5.74, 6) is -0.126. The lowest BCUT2D eigenvalue weighted by atomic mass is 10.1. The molecule has 20 heavy (non-hydrogen) atoms. The van der Waals surface area contributed by atoms with Gasteiger partial charge in [0, 0.05) is 25.8 Å². The van der Waals surface area contributed by atoms with Gasteiger partial charge in [-0.2, -0.15) is 0 Å². The quantitative estimate of drug-likeness (QED) is 0.750. The lowest BCUT2D eigenvalue weighted by Gasteiger charge is -2.20. The summed E-state index contributed by atoms with van der Waals surface area (Å²) in [7, 11) is 1.64. The fraction of sp³-hybridized carbons (Fsp3) is 0.600. The summed E-state index contributed by atoms with van der Waals surface area (Å²) in [5.41, 5.74) is 0.764. The van der Waals surface area contributed by atoms with Crippen molar-refractivity contribution in [1.82, 2.24) is 5.32 Å². The van der Waals surface area contributed by atoms with Crippen molar-refractivity contribution < 1.29 is 19.0 Å². The molecule has 0 amide bonds. The Morgan fingerprint density at radius 2 is 2.25 bits per heavy atom. The molecule has 1 fully saturated rings. The Morgan fingerprint density at radius 1 is 1.40 bits per heavy atom. The van der Waals surface area contributed by atoms with Crippen molar-refractivity contribution in [3.05, 3.63) is 29.6 Å². The van der Waals surface area contributed by atoms with Gasteiger partial charge in [0.1, 0.15) is 6.10 Å². The first-order chi connectivity index (χ1) is 9.72. The van der Waals surface area contributed by atoms with Crippen LogP contribution in [-0.2, 0) is 11.3 Å². The maximum atomic E-state index is 13.9. The highest BCUT2D eigenvalue weighted by molar-refractivity contribution is 5.35. The molecular formula is C15H22FNO3. The fourth-order valence-electron chi connectivity index (χ4n) is 2.42. The predicted molar refractivity (Wildman–Crippen MR) is 74.3 cm³/mol. The molecule has 4 nitrogen and oxygen atoms in total. The Bertz CT molecular complexity index is 428. The average Bonchev–Trinajstić information content (AvgIpc) is 2.84. The van der Waals surface area contributed by atoms with Crippen molar-refractivity contribution >= 4 is 0 Å². The fourth-order valence-corrected chi connectivity index (χ4v) is 2.42. The molecule has 112 valence electrons. The van der Waals surface area contributed by atoms with Crippen LogP contribution in [0.1, 0.15) is 24.8 Å². The summed E-state index contributed by atoms with van der Waals surface area (Å²) in [5, 5.41) is 13.0. The summed E-state index contributed by atoms with van der Waals surface area (Å²) < 4.78 is 24.6. The molecule has 2 atom stereocenters. The second-order valence-corrected chi connectivity index (χ2v) is 5.05. The van der Waals surface area contributed by atoms with E-state index in [9.17, 15) is 9.50 Å². The zero-order valence-corrected chi connectivity index (χ0v) is 11.8. The minimum Gasteiger partial charge on any atom is -0.484 e. The van der Waals surface area contributed by atoms with E-state index < -0.39 is 6.10 Å². The minimum atomic E-state index is -0.496. The predicted octanol–water partition coefficient (Wildman–Crippen LogP) is 1.85. The summed E-state index contributed by atoms with van der Waals surface area (Å²) >= 11 is 0. The van der Waals surface area contributed by atoms with Crippen molar-refractivity contribution in [3.8, 4) is 5.75 Å². The monoisotopic (exact) mass is 283 g/mol. The zero-order valence-electron chi connectivity index (χ0n) is 11.8. The highest BCUT2D eigenvalue weighted by Gasteiger charge is 2.28. The van der Waals surface area contributed by atoms with Crippen LogP contribution < -0.4 is 10.1 Å². The van der Waals surface area contributed by atoms with Gasteiger partial charge in [-0.25, -0.2) is 4.39 Å². The van der Waals surface area contributed by atoms with Gasteiger partial charge in [0.2, 0.25) is 0 Å². The molecule has 2 N–H and O–H groups in total. The molecule has 5 heteroatoms. The molecule has 1 saturated carbocycles. The van der Waals surface area contributed by atoms with Gasteiger partial charge in [-0.1, -0.05) is 12.1 Å². The van der Waals surface area contributed by atoms with E-state index in [0.717, 1.165) is 24.8 Å². The standard InChI is InChI=1S/C15H22FNO3/c1-19-9-8-17-10-11-4-2-5-12(16)15(11)20-14-7-3-6-13(14)18/h2,4-5,13-14,17-18H,3,6-10H2,1H3. The number of hydrogen-bond donors (Lipinski definition) is 2. The van der Waals surface area contributed by atoms with Gasteiger partial charge in [-0.05, 0) is 25.3 Å². The number of rotatable bonds is 7. The highest BCUT2D eigenvalue weighted by atomic mass is 19.1. The van der Waals surface area contributed by atoms with Gasteiger partial charge in [-0.15, -0.1) is 0 Å². The van der Waals surface area contributed by atoms with E-state index in [1.807, 2.05) is 6.07 Å².